The maximum atomic E-state index is 11.8. The van der Waals surface area contributed by atoms with Gasteiger partial charge in [-0.05, 0) is 24.8 Å². The normalized spacial score (nSPS) is 27.4. The van der Waals surface area contributed by atoms with Gasteiger partial charge in [0, 0.05) is 35.8 Å². The molecule has 2 rings (SSSR count). The molecule has 0 N–H and O–H groups in total. The van der Waals surface area contributed by atoms with Gasteiger partial charge in [0.2, 0.25) is 0 Å². The van der Waals surface area contributed by atoms with Crippen LogP contribution in [0.5, 0.6) is 0 Å². The van der Waals surface area contributed by atoms with Crippen LogP contribution in [0.15, 0.2) is 17.5 Å². The molecule has 3 heteroatoms. The van der Waals surface area contributed by atoms with Crippen LogP contribution in [0, 0.1) is 5.92 Å². The Bertz CT molecular complexity index is 387. The number of likely N-dealkylation sites (tertiary alicyclic amines) is 1. The highest BCUT2D eigenvalue weighted by Crippen LogP contribution is 2.35. The van der Waals surface area contributed by atoms with Gasteiger partial charge in [0.25, 0.3) is 0 Å². The van der Waals surface area contributed by atoms with Crippen molar-refractivity contribution in [2.45, 2.75) is 52.1 Å². The largest absolute Gasteiger partial charge is 0.299 e. The Balaban J connectivity index is 2.18. The zero-order valence-corrected chi connectivity index (χ0v) is 12.4. The lowest BCUT2D eigenvalue weighted by Gasteiger charge is -2.42. The summed E-state index contributed by atoms with van der Waals surface area (Å²) in [7, 11) is 0. The zero-order valence-electron chi connectivity index (χ0n) is 11.6. The van der Waals surface area contributed by atoms with Gasteiger partial charge in [-0.2, -0.15) is 0 Å². The number of hydrogen-bond donors (Lipinski definition) is 0. The van der Waals surface area contributed by atoms with Gasteiger partial charge in [0.1, 0.15) is 5.78 Å². The Kier molecular flexibility index (Phi) is 4.57. The Hall–Kier alpha value is -0.670. The van der Waals surface area contributed by atoms with Crippen molar-refractivity contribution in [3.63, 3.8) is 0 Å². The number of ketones is 1. The predicted octanol–water partition coefficient (Wildman–Crippen LogP) is 3.89. The lowest BCUT2D eigenvalue weighted by atomic mass is 9.88. The molecule has 3 unspecified atom stereocenters. The van der Waals surface area contributed by atoms with E-state index in [2.05, 4.69) is 43.2 Å². The molecule has 0 spiro atoms. The van der Waals surface area contributed by atoms with Crippen molar-refractivity contribution in [2.24, 2.45) is 5.92 Å². The second kappa shape index (κ2) is 5.98. The van der Waals surface area contributed by atoms with Crippen molar-refractivity contribution in [2.75, 3.05) is 6.54 Å². The Morgan fingerprint density at radius 2 is 2.28 bits per heavy atom. The van der Waals surface area contributed by atoms with E-state index in [-0.39, 0.29) is 5.92 Å². The molecule has 1 aliphatic heterocycles. The number of piperidine rings is 1. The summed E-state index contributed by atoms with van der Waals surface area (Å²) in [4.78, 5) is 15.8. The second-order valence-corrected chi connectivity index (χ2v) is 6.28. The van der Waals surface area contributed by atoms with Crippen LogP contribution in [0.2, 0.25) is 0 Å². The van der Waals surface area contributed by atoms with E-state index < -0.39 is 0 Å². The van der Waals surface area contributed by atoms with E-state index in [4.69, 9.17) is 0 Å². The van der Waals surface area contributed by atoms with Gasteiger partial charge in [-0.3, -0.25) is 9.69 Å². The van der Waals surface area contributed by atoms with E-state index in [0.29, 0.717) is 17.9 Å². The standard InChI is InChI=1S/C15H23NOS/c1-4-6-13(15-7-5-10-18-15)16-9-8-14(17)11(2)12(16)3/h5,7,10-13H,4,6,8-9H2,1-3H3. The lowest BCUT2D eigenvalue weighted by Crippen LogP contribution is -2.48. The minimum atomic E-state index is 0.179. The molecule has 0 amide bonds. The monoisotopic (exact) mass is 265 g/mol. The first-order valence-corrected chi connectivity index (χ1v) is 7.85. The first kappa shape index (κ1) is 13.8. The zero-order chi connectivity index (χ0) is 13.1. The maximum absolute atomic E-state index is 11.8. The molecule has 0 radical (unpaired) electrons. The van der Waals surface area contributed by atoms with Crippen molar-refractivity contribution in [3.8, 4) is 0 Å². The van der Waals surface area contributed by atoms with Crippen molar-refractivity contribution in [1.29, 1.82) is 0 Å². The number of hydrogen-bond acceptors (Lipinski definition) is 3. The number of thiophene rings is 1. The van der Waals surface area contributed by atoms with Gasteiger partial charge in [0.15, 0.2) is 0 Å². The van der Waals surface area contributed by atoms with Gasteiger partial charge in [0.05, 0.1) is 0 Å². The van der Waals surface area contributed by atoms with Crippen LogP contribution in [0.1, 0.15) is 51.0 Å². The molecular weight excluding hydrogens is 242 g/mol. The summed E-state index contributed by atoms with van der Waals surface area (Å²) in [5, 5.41) is 2.15. The SMILES string of the molecule is CCCC(c1cccs1)N1CCC(=O)C(C)C1C. The first-order chi connectivity index (χ1) is 8.65. The Morgan fingerprint density at radius 3 is 2.89 bits per heavy atom. The summed E-state index contributed by atoms with van der Waals surface area (Å²) in [6.07, 6.45) is 3.09. The summed E-state index contributed by atoms with van der Waals surface area (Å²) in [6, 6.07) is 5.23. The molecule has 1 saturated heterocycles. The molecule has 2 heterocycles. The van der Waals surface area contributed by atoms with Crippen molar-refractivity contribution in [1.82, 2.24) is 4.90 Å². The third-order valence-electron chi connectivity index (χ3n) is 4.21. The molecule has 1 aromatic rings. The molecule has 100 valence electrons. The van der Waals surface area contributed by atoms with Gasteiger partial charge < -0.3 is 0 Å². The number of carbonyl (C=O) groups excluding carboxylic acids is 1. The number of carbonyl (C=O) groups is 1. The Labute approximate surface area is 114 Å². The van der Waals surface area contributed by atoms with E-state index in [1.165, 1.54) is 17.7 Å². The fourth-order valence-electron chi connectivity index (χ4n) is 2.89. The average molecular weight is 265 g/mol. The van der Waals surface area contributed by atoms with Crippen LogP contribution >= 0.6 is 11.3 Å². The van der Waals surface area contributed by atoms with Gasteiger partial charge >= 0.3 is 0 Å². The molecule has 0 saturated carbocycles. The molecule has 3 atom stereocenters. The van der Waals surface area contributed by atoms with Gasteiger partial charge in [-0.1, -0.05) is 26.3 Å². The Morgan fingerprint density at radius 1 is 1.50 bits per heavy atom. The molecule has 1 fully saturated rings. The van der Waals surface area contributed by atoms with E-state index in [1.807, 2.05) is 11.3 Å². The minimum Gasteiger partial charge on any atom is -0.299 e. The van der Waals surface area contributed by atoms with Crippen molar-refractivity contribution < 1.29 is 4.79 Å². The summed E-state index contributed by atoms with van der Waals surface area (Å²) in [5.74, 6) is 0.609. The lowest BCUT2D eigenvalue weighted by molar-refractivity contribution is -0.128. The third-order valence-corrected chi connectivity index (χ3v) is 5.18. The molecular formula is C15H23NOS. The molecule has 1 aliphatic rings. The molecule has 2 nitrogen and oxygen atoms in total. The van der Waals surface area contributed by atoms with Crippen LogP contribution < -0.4 is 0 Å². The van der Waals surface area contributed by atoms with Gasteiger partial charge in [-0.15, -0.1) is 11.3 Å². The summed E-state index contributed by atoms with van der Waals surface area (Å²) in [6.45, 7) is 7.45. The van der Waals surface area contributed by atoms with E-state index in [0.717, 1.165) is 13.0 Å². The highest BCUT2D eigenvalue weighted by atomic mass is 32.1. The third kappa shape index (κ3) is 2.67. The number of rotatable bonds is 4. The highest BCUT2D eigenvalue weighted by molar-refractivity contribution is 7.10. The minimum absolute atomic E-state index is 0.179. The van der Waals surface area contributed by atoms with Crippen LogP contribution in [-0.4, -0.2) is 23.3 Å². The van der Waals surface area contributed by atoms with Crippen molar-refractivity contribution in [3.05, 3.63) is 22.4 Å². The molecule has 18 heavy (non-hydrogen) atoms. The molecule has 0 bridgehead atoms. The molecule has 1 aromatic heterocycles. The fraction of sp³-hybridized carbons (Fsp3) is 0.667. The van der Waals surface area contributed by atoms with Crippen LogP contribution in [0.25, 0.3) is 0 Å². The van der Waals surface area contributed by atoms with E-state index in [9.17, 15) is 4.79 Å². The summed E-state index contributed by atoms with van der Waals surface area (Å²) in [5.41, 5.74) is 0. The van der Waals surface area contributed by atoms with Gasteiger partial charge in [-0.25, -0.2) is 0 Å². The quantitative estimate of drug-likeness (QED) is 0.823. The molecule has 0 aliphatic carbocycles. The summed E-state index contributed by atoms with van der Waals surface area (Å²) < 4.78 is 0. The summed E-state index contributed by atoms with van der Waals surface area (Å²) >= 11 is 1.84. The van der Waals surface area contributed by atoms with Crippen LogP contribution in [0.4, 0.5) is 0 Å². The second-order valence-electron chi connectivity index (χ2n) is 5.30. The smallest absolute Gasteiger partial charge is 0.138 e. The number of nitrogens with zero attached hydrogens (tertiary/aromatic N) is 1. The maximum Gasteiger partial charge on any atom is 0.138 e. The predicted molar refractivity (Wildman–Crippen MR) is 76.9 cm³/mol. The van der Waals surface area contributed by atoms with Crippen LogP contribution in [-0.2, 0) is 4.79 Å². The van der Waals surface area contributed by atoms with Crippen molar-refractivity contribution >= 4 is 17.1 Å². The van der Waals surface area contributed by atoms with E-state index in [1.54, 1.807) is 0 Å². The van der Waals surface area contributed by atoms with Crippen LogP contribution in [0.3, 0.4) is 0 Å². The highest BCUT2D eigenvalue weighted by Gasteiger charge is 2.35. The van der Waals surface area contributed by atoms with E-state index >= 15 is 0 Å². The fourth-order valence-corrected chi connectivity index (χ4v) is 3.77. The average Bonchev–Trinajstić information content (AvgIpc) is 2.88. The molecule has 0 aromatic carbocycles. The topological polar surface area (TPSA) is 20.3 Å². The first-order valence-electron chi connectivity index (χ1n) is 6.97. The number of Topliss-reactive ketones (excluding diaryl/α,β-unsaturated/α-hetero) is 1.